The van der Waals surface area contributed by atoms with E-state index in [9.17, 15) is 0 Å². The molecule has 0 radical (unpaired) electrons. The molecule has 0 atom stereocenters. The van der Waals surface area contributed by atoms with Crippen LogP contribution in [0.25, 0.3) is 0 Å². The monoisotopic (exact) mass is 71.1 g/mol. The van der Waals surface area contributed by atoms with E-state index in [2.05, 4.69) is 4.65 Å². The molecule has 0 aliphatic rings. The SMILES string of the molecule is CCOB=N. The summed E-state index contributed by atoms with van der Waals surface area (Å²) >= 11 is 0. The van der Waals surface area contributed by atoms with Gasteiger partial charge in [0.1, 0.15) is 0 Å². The van der Waals surface area contributed by atoms with Crippen molar-refractivity contribution in [3.05, 3.63) is 0 Å². The van der Waals surface area contributed by atoms with Crippen LogP contribution in [0.15, 0.2) is 0 Å². The molecule has 0 aromatic carbocycles. The summed E-state index contributed by atoms with van der Waals surface area (Å²) in [5, 5.41) is 6.26. The van der Waals surface area contributed by atoms with Crippen LogP contribution in [0.5, 0.6) is 0 Å². The second-order valence-electron chi connectivity index (χ2n) is 0.573. The van der Waals surface area contributed by atoms with E-state index in [4.69, 9.17) is 5.31 Å². The zero-order chi connectivity index (χ0) is 4.12. The maximum absolute atomic E-state index is 6.26. The molecule has 0 rings (SSSR count). The molecule has 28 valence electrons. The molecule has 5 heavy (non-hydrogen) atoms. The van der Waals surface area contributed by atoms with Gasteiger partial charge in [0.05, 0.1) is 0 Å². The van der Waals surface area contributed by atoms with E-state index in [-0.39, 0.29) is 0 Å². The van der Waals surface area contributed by atoms with Gasteiger partial charge in [0.2, 0.25) is 0 Å². The van der Waals surface area contributed by atoms with Crippen LogP contribution >= 0.6 is 0 Å². The fraction of sp³-hybridized carbons (Fsp3) is 1.00. The molecular formula is C2H6BNO. The van der Waals surface area contributed by atoms with E-state index >= 15 is 0 Å². The van der Waals surface area contributed by atoms with Crippen LogP contribution in [0.2, 0.25) is 0 Å². The van der Waals surface area contributed by atoms with E-state index in [0.29, 0.717) is 6.61 Å². The van der Waals surface area contributed by atoms with Gasteiger partial charge in [0.15, 0.2) is 0 Å². The quantitative estimate of drug-likeness (QED) is 0.469. The molecule has 0 aromatic rings. The molecule has 0 aliphatic heterocycles. The number of hydrogen-bond donors (Lipinski definition) is 1. The first kappa shape index (κ1) is 4.66. The predicted octanol–water partition coefficient (Wildman–Crippen LogP) is 0.404. The van der Waals surface area contributed by atoms with Gasteiger partial charge in [-0.25, -0.2) is 0 Å². The van der Waals surface area contributed by atoms with Gasteiger partial charge in [-0.1, -0.05) is 0 Å². The molecule has 2 nitrogen and oxygen atoms in total. The Labute approximate surface area is 31.9 Å². The van der Waals surface area contributed by atoms with E-state index in [1.165, 1.54) is 0 Å². The van der Waals surface area contributed by atoms with Crippen molar-refractivity contribution in [1.82, 2.24) is 0 Å². The van der Waals surface area contributed by atoms with Crippen LogP contribution in [0.3, 0.4) is 0 Å². The maximum atomic E-state index is 6.26. The summed E-state index contributed by atoms with van der Waals surface area (Å²) in [5.74, 6) is 0. The van der Waals surface area contributed by atoms with Gasteiger partial charge >= 0.3 is 30.8 Å². The third kappa shape index (κ3) is 3.66. The molecule has 0 aliphatic carbocycles. The van der Waals surface area contributed by atoms with Gasteiger partial charge in [0, 0.05) is 0 Å². The van der Waals surface area contributed by atoms with E-state index in [1.54, 1.807) is 0 Å². The average Bonchev–Trinajstić information content (AvgIpc) is 1.41. The second kappa shape index (κ2) is 3.66. The molecular weight excluding hydrogens is 64.8 g/mol. The Bertz CT molecular complexity index is 30.8. The topological polar surface area (TPSA) is 33.1 Å². The standard InChI is InChI=1S/C2H6BNO/c1-2-5-3-4/h4H,2H2,1H3. The predicted molar refractivity (Wildman–Crippen MR) is 20.1 cm³/mol. The summed E-state index contributed by atoms with van der Waals surface area (Å²) in [7, 11) is 0.931. The summed E-state index contributed by atoms with van der Waals surface area (Å²) in [6, 6.07) is 0. The first-order valence-corrected chi connectivity index (χ1v) is 1.52. The molecule has 0 spiro atoms. The molecule has 0 bridgehead atoms. The number of rotatable bonds is 2. The summed E-state index contributed by atoms with van der Waals surface area (Å²) in [6.07, 6.45) is 0. The molecule has 0 saturated heterocycles. The molecule has 3 heteroatoms. The van der Waals surface area contributed by atoms with Crippen molar-refractivity contribution < 1.29 is 4.65 Å². The Hall–Kier alpha value is -0.335. The van der Waals surface area contributed by atoms with E-state index < -0.39 is 0 Å². The molecule has 0 unspecified atom stereocenters. The van der Waals surface area contributed by atoms with Crippen molar-refractivity contribution in [2.45, 2.75) is 6.92 Å². The van der Waals surface area contributed by atoms with Gasteiger partial charge in [-0.15, -0.1) is 0 Å². The van der Waals surface area contributed by atoms with Crippen LogP contribution in [0.4, 0.5) is 0 Å². The number of nitrogens with one attached hydrogen (secondary N) is 1. The van der Waals surface area contributed by atoms with Gasteiger partial charge in [0.25, 0.3) is 0 Å². The summed E-state index contributed by atoms with van der Waals surface area (Å²) in [4.78, 5) is 0. The average molecular weight is 70.9 g/mol. The van der Waals surface area contributed by atoms with Crippen LogP contribution in [0.1, 0.15) is 6.92 Å². The Kier molecular flexibility index (Phi) is 3.42. The van der Waals surface area contributed by atoms with Crippen molar-refractivity contribution in [1.29, 1.82) is 5.31 Å². The molecule has 0 heterocycles. The Morgan fingerprint density at radius 1 is 2.00 bits per heavy atom. The van der Waals surface area contributed by atoms with E-state index in [0.717, 1.165) is 7.27 Å². The molecule has 0 amide bonds. The Balaban J connectivity index is 2.40. The number of hydrogen-bond acceptors (Lipinski definition) is 2. The van der Waals surface area contributed by atoms with Crippen LogP contribution in [-0.4, -0.2) is 13.9 Å². The zero-order valence-corrected chi connectivity index (χ0v) is 3.19. The first-order chi connectivity index (χ1) is 2.41. The summed E-state index contributed by atoms with van der Waals surface area (Å²) in [5.41, 5.74) is 0. The van der Waals surface area contributed by atoms with Gasteiger partial charge in [-0.2, -0.15) is 0 Å². The van der Waals surface area contributed by atoms with Crippen LogP contribution in [-0.2, 0) is 4.65 Å². The van der Waals surface area contributed by atoms with Crippen molar-refractivity contribution in [2.75, 3.05) is 6.61 Å². The van der Waals surface area contributed by atoms with Crippen molar-refractivity contribution in [3.8, 4) is 0 Å². The fourth-order valence-electron chi connectivity index (χ4n) is 0.0833. The Morgan fingerprint density at radius 3 is 2.60 bits per heavy atom. The zero-order valence-electron chi connectivity index (χ0n) is 3.19. The first-order valence-electron chi connectivity index (χ1n) is 1.52. The third-order valence-corrected chi connectivity index (χ3v) is 0.250. The van der Waals surface area contributed by atoms with Gasteiger partial charge in [-0.05, 0) is 0 Å². The Morgan fingerprint density at radius 2 is 2.60 bits per heavy atom. The van der Waals surface area contributed by atoms with E-state index in [1.807, 2.05) is 6.92 Å². The van der Waals surface area contributed by atoms with Gasteiger partial charge < -0.3 is 0 Å². The molecule has 0 fully saturated rings. The minimum atomic E-state index is 0.601. The summed E-state index contributed by atoms with van der Waals surface area (Å²) in [6.45, 7) is 2.44. The van der Waals surface area contributed by atoms with Crippen LogP contribution in [0, 0.1) is 5.31 Å². The van der Waals surface area contributed by atoms with Crippen LogP contribution < -0.4 is 0 Å². The summed E-state index contributed by atoms with van der Waals surface area (Å²) < 4.78 is 4.38. The third-order valence-electron chi connectivity index (χ3n) is 0.250. The molecule has 1 N–H and O–H groups in total. The van der Waals surface area contributed by atoms with Gasteiger partial charge in [-0.3, -0.25) is 0 Å². The molecule has 0 aromatic heterocycles. The fourth-order valence-corrected chi connectivity index (χ4v) is 0.0833. The van der Waals surface area contributed by atoms with Crippen molar-refractivity contribution in [3.63, 3.8) is 0 Å². The normalized spacial score (nSPS) is 5.80. The minimum absolute atomic E-state index is 0.601. The van der Waals surface area contributed by atoms with Crippen molar-refractivity contribution >= 4 is 7.27 Å². The second-order valence-corrected chi connectivity index (χ2v) is 0.573. The molecule has 0 saturated carbocycles. The van der Waals surface area contributed by atoms with Crippen molar-refractivity contribution in [2.24, 2.45) is 0 Å².